The van der Waals surface area contributed by atoms with Crippen LogP contribution in [0.4, 0.5) is 0 Å². The third kappa shape index (κ3) is 41.0. The smallest absolute Gasteiger partial charge is 0.335 e. The van der Waals surface area contributed by atoms with Crippen LogP contribution in [0.3, 0.4) is 0 Å². The molecule has 12 nitrogen and oxygen atoms in total. The van der Waals surface area contributed by atoms with Crippen LogP contribution in [0.5, 0.6) is 0 Å². The Balaban J connectivity index is 2.71. The van der Waals surface area contributed by atoms with E-state index in [1.807, 2.05) is 12.2 Å². The Morgan fingerprint density at radius 2 is 0.867 bits per heavy atom. The molecule has 0 saturated carbocycles. The van der Waals surface area contributed by atoms with E-state index in [1.165, 1.54) is 103 Å². The molecule has 1 heterocycles. The van der Waals surface area contributed by atoms with Gasteiger partial charge in [-0.15, -0.1) is 0 Å². The third-order valence-electron chi connectivity index (χ3n) is 13.3. The van der Waals surface area contributed by atoms with Crippen molar-refractivity contribution in [3.05, 3.63) is 72.9 Å². The molecule has 0 radical (unpaired) electrons. The Bertz CT molecular complexity index is 1580. The molecular weight excluding hydrogens is 949 g/mol. The lowest BCUT2D eigenvalue weighted by Crippen LogP contribution is -2.61. The van der Waals surface area contributed by atoms with E-state index in [4.69, 9.17) is 23.7 Å². The van der Waals surface area contributed by atoms with Crippen LogP contribution in [0.2, 0.25) is 0 Å². The molecule has 1 aliphatic rings. The van der Waals surface area contributed by atoms with Crippen LogP contribution in [0.25, 0.3) is 0 Å². The lowest BCUT2D eigenvalue weighted by molar-refractivity contribution is -0.301. The van der Waals surface area contributed by atoms with E-state index in [1.54, 1.807) is 0 Å². The quantitative estimate of drug-likeness (QED) is 0.0228. The number of aliphatic carboxylic acids is 1. The number of ether oxygens (including phenoxy) is 5. The molecule has 0 spiro atoms. The zero-order chi connectivity index (χ0) is 54.7. The van der Waals surface area contributed by atoms with Crippen LogP contribution in [0.15, 0.2) is 72.9 Å². The van der Waals surface area contributed by atoms with Gasteiger partial charge < -0.3 is 39.0 Å². The molecule has 1 aliphatic heterocycles. The Morgan fingerprint density at radius 1 is 0.453 bits per heavy atom. The molecule has 0 aromatic carbocycles. The number of esters is 3. The fraction of sp³-hybridized carbons (Fsp3) is 0.746. The van der Waals surface area contributed by atoms with E-state index in [0.29, 0.717) is 25.7 Å². The second-order valence-electron chi connectivity index (χ2n) is 20.3. The summed E-state index contributed by atoms with van der Waals surface area (Å²) in [6.07, 6.45) is 51.8. The average molecular weight is 1060 g/mol. The van der Waals surface area contributed by atoms with E-state index in [9.17, 15) is 34.5 Å². The molecule has 75 heavy (non-hydrogen) atoms. The van der Waals surface area contributed by atoms with E-state index < -0.39 is 67.3 Å². The number of rotatable bonds is 50. The molecule has 0 bridgehead atoms. The van der Waals surface area contributed by atoms with Gasteiger partial charge in [0.05, 0.1) is 6.61 Å². The van der Waals surface area contributed by atoms with Crippen molar-refractivity contribution in [1.82, 2.24) is 0 Å². The molecular formula is C63H106O12. The van der Waals surface area contributed by atoms with Gasteiger partial charge >= 0.3 is 23.9 Å². The molecule has 1 saturated heterocycles. The molecule has 430 valence electrons. The van der Waals surface area contributed by atoms with Crippen molar-refractivity contribution in [3.8, 4) is 0 Å². The highest BCUT2D eigenvalue weighted by atomic mass is 16.7. The number of carbonyl (C=O) groups excluding carboxylic acids is 3. The molecule has 0 aliphatic carbocycles. The van der Waals surface area contributed by atoms with Crippen molar-refractivity contribution in [1.29, 1.82) is 0 Å². The van der Waals surface area contributed by atoms with Gasteiger partial charge in [-0.05, 0) is 77.0 Å². The summed E-state index contributed by atoms with van der Waals surface area (Å²) >= 11 is 0. The fourth-order valence-electron chi connectivity index (χ4n) is 8.71. The first-order chi connectivity index (χ1) is 36.6. The highest BCUT2D eigenvalue weighted by Gasteiger charge is 2.50. The number of allylic oxidation sites excluding steroid dienone is 12. The summed E-state index contributed by atoms with van der Waals surface area (Å²) in [7, 11) is 0. The predicted octanol–water partition coefficient (Wildman–Crippen LogP) is 15.3. The Hall–Kier alpha value is -3.84. The Labute approximate surface area is 455 Å². The number of carboxylic acids is 1. The fourth-order valence-corrected chi connectivity index (χ4v) is 8.71. The minimum Gasteiger partial charge on any atom is -0.479 e. The highest BCUT2D eigenvalue weighted by Crippen LogP contribution is 2.26. The van der Waals surface area contributed by atoms with Gasteiger partial charge in [0, 0.05) is 19.3 Å². The minimum absolute atomic E-state index is 0.0355. The van der Waals surface area contributed by atoms with Gasteiger partial charge in [-0.25, -0.2) is 4.79 Å². The van der Waals surface area contributed by atoms with Gasteiger partial charge in [0.15, 0.2) is 24.6 Å². The van der Waals surface area contributed by atoms with Crippen molar-refractivity contribution >= 4 is 23.9 Å². The normalized spacial score (nSPS) is 18.7. The number of carbonyl (C=O) groups is 4. The maximum Gasteiger partial charge on any atom is 0.335 e. The molecule has 0 aromatic heterocycles. The zero-order valence-corrected chi connectivity index (χ0v) is 47.3. The maximum absolute atomic E-state index is 13.1. The van der Waals surface area contributed by atoms with Gasteiger partial charge in [0.2, 0.25) is 0 Å². The summed E-state index contributed by atoms with van der Waals surface area (Å²) < 4.78 is 28.3. The first-order valence-corrected chi connectivity index (χ1v) is 29.9. The first-order valence-electron chi connectivity index (χ1n) is 29.9. The highest BCUT2D eigenvalue weighted by molar-refractivity contribution is 5.74. The molecule has 6 atom stereocenters. The van der Waals surface area contributed by atoms with Crippen LogP contribution >= 0.6 is 0 Å². The largest absolute Gasteiger partial charge is 0.479 e. The molecule has 12 heteroatoms. The van der Waals surface area contributed by atoms with Crippen molar-refractivity contribution in [2.24, 2.45) is 0 Å². The van der Waals surface area contributed by atoms with Gasteiger partial charge in [-0.2, -0.15) is 0 Å². The lowest BCUT2D eigenvalue weighted by atomic mass is 9.98. The van der Waals surface area contributed by atoms with Crippen molar-refractivity contribution in [3.63, 3.8) is 0 Å². The molecule has 6 unspecified atom stereocenters. The molecule has 1 fully saturated rings. The van der Waals surface area contributed by atoms with Crippen LogP contribution < -0.4 is 0 Å². The summed E-state index contributed by atoms with van der Waals surface area (Å²) in [6.45, 7) is 5.79. The number of aliphatic hydroxyl groups is 2. The van der Waals surface area contributed by atoms with E-state index in [-0.39, 0.29) is 25.9 Å². The lowest BCUT2D eigenvalue weighted by Gasteiger charge is -2.40. The number of unbranched alkanes of at least 4 members (excludes halogenated alkanes) is 24. The van der Waals surface area contributed by atoms with Crippen LogP contribution in [-0.2, 0) is 42.9 Å². The average Bonchev–Trinajstić information content (AvgIpc) is 3.39. The minimum atomic E-state index is -1.92. The maximum atomic E-state index is 13.1. The van der Waals surface area contributed by atoms with Crippen molar-refractivity contribution in [2.75, 3.05) is 13.2 Å². The van der Waals surface area contributed by atoms with Crippen LogP contribution in [0, 0.1) is 0 Å². The summed E-state index contributed by atoms with van der Waals surface area (Å²) in [5, 5.41) is 31.5. The van der Waals surface area contributed by atoms with Gasteiger partial charge in [0.25, 0.3) is 0 Å². The SMILES string of the molecule is CC/C=C\C/C=C\C/C=C\C/C=C\CCC(=O)OC(COC(=O)CCCCCCCCCCCCCCCCCCC)COC1OC(C(=O)O)C(O)C(O)C1OC(=O)CCCCCCC/C=C\C/C=C\CCCCC. The standard InChI is InChI=1S/C63H106O12/c1-4-7-10-13-16-19-22-25-27-28-30-32-34-37-40-43-46-49-55(64)71-52-54(73-56(65)50-47-44-41-38-35-31-24-21-18-15-12-9-6-3)53-72-63-61(59(68)58(67)60(75-63)62(69)70)74-57(66)51-48-45-42-39-36-33-29-26-23-20-17-14-11-8-5-2/h9,12,17-18,20-21,26,29,31,35,41,44,54,58-61,63,67-68H,4-8,10-11,13-16,19,22-25,27-28,30,32-34,36-40,42-43,45-53H2,1-3H3,(H,69,70)/b12-9-,20-17-,21-18-,29-26-,35-31-,44-41-. The molecule has 0 aromatic rings. The topological polar surface area (TPSA) is 175 Å². The molecule has 1 rings (SSSR count). The van der Waals surface area contributed by atoms with E-state index >= 15 is 0 Å². The van der Waals surface area contributed by atoms with Crippen molar-refractivity contribution < 1.29 is 58.2 Å². The summed E-state index contributed by atoms with van der Waals surface area (Å²) in [5.74, 6) is -3.24. The Kier molecular flexibility index (Phi) is 47.0. The van der Waals surface area contributed by atoms with E-state index in [0.717, 1.165) is 83.5 Å². The second-order valence-corrected chi connectivity index (χ2v) is 20.3. The summed E-state index contributed by atoms with van der Waals surface area (Å²) in [5.41, 5.74) is 0. The number of hydrogen-bond acceptors (Lipinski definition) is 11. The Morgan fingerprint density at radius 3 is 1.36 bits per heavy atom. The second kappa shape index (κ2) is 50.9. The third-order valence-corrected chi connectivity index (χ3v) is 13.3. The van der Waals surface area contributed by atoms with Gasteiger partial charge in [-0.3, -0.25) is 14.4 Å². The van der Waals surface area contributed by atoms with Gasteiger partial charge in [-0.1, -0.05) is 229 Å². The first kappa shape index (κ1) is 69.2. The van der Waals surface area contributed by atoms with E-state index in [2.05, 4.69) is 81.5 Å². The summed E-state index contributed by atoms with van der Waals surface area (Å²) in [6, 6.07) is 0. The number of hydrogen-bond donors (Lipinski definition) is 3. The number of aliphatic hydroxyl groups excluding tert-OH is 2. The van der Waals surface area contributed by atoms with Crippen LogP contribution in [0.1, 0.15) is 252 Å². The number of carboxylic acid groups (broad SMARTS) is 1. The van der Waals surface area contributed by atoms with Crippen molar-refractivity contribution in [2.45, 2.75) is 289 Å². The summed E-state index contributed by atoms with van der Waals surface area (Å²) in [4.78, 5) is 51.1. The zero-order valence-electron chi connectivity index (χ0n) is 47.3. The predicted molar refractivity (Wildman–Crippen MR) is 303 cm³/mol. The molecule has 0 amide bonds. The van der Waals surface area contributed by atoms with Gasteiger partial charge in [0.1, 0.15) is 18.8 Å². The molecule has 3 N–H and O–H groups in total. The van der Waals surface area contributed by atoms with Crippen LogP contribution in [-0.4, -0.2) is 89.2 Å². The monoisotopic (exact) mass is 1050 g/mol.